The predicted octanol–water partition coefficient (Wildman–Crippen LogP) is 4.97. The maximum atomic E-state index is 12.9. The minimum atomic E-state index is 0.0212. The van der Waals surface area contributed by atoms with Crippen LogP contribution in [0.15, 0.2) is 29.3 Å². The van der Waals surface area contributed by atoms with Crippen molar-refractivity contribution in [2.24, 2.45) is 5.92 Å². The van der Waals surface area contributed by atoms with Crippen molar-refractivity contribution >= 4 is 44.8 Å². The van der Waals surface area contributed by atoms with Gasteiger partial charge in [0.25, 0.3) is 5.56 Å². The number of aromatic nitrogens is 2. The SMILES string of the molecule is CC1CCc2c(sc3ncn(CCOc4ccc(Cl)cc4Cl)c(=O)c23)C1. The van der Waals surface area contributed by atoms with Crippen molar-refractivity contribution in [3.05, 3.63) is 55.4 Å². The third-order valence-electron chi connectivity index (χ3n) is 4.77. The number of halogens is 2. The van der Waals surface area contributed by atoms with Crippen LogP contribution in [0, 0.1) is 5.92 Å². The molecular formula is C19H18Cl2N2O2S. The molecule has 0 saturated carbocycles. The van der Waals surface area contributed by atoms with Crippen molar-refractivity contribution in [1.29, 1.82) is 0 Å². The predicted molar refractivity (Wildman–Crippen MR) is 107 cm³/mol. The molecule has 136 valence electrons. The Hall–Kier alpha value is -1.56. The molecule has 0 bridgehead atoms. The lowest BCUT2D eigenvalue weighted by Gasteiger charge is -2.17. The van der Waals surface area contributed by atoms with Crippen molar-refractivity contribution in [1.82, 2.24) is 9.55 Å². The van der Waals surface area contributed by atoms with E-state index in [1.54, 1.807) is 40.4 Å². The summed E-state index contributed by atoms with van der Waals surface area (Å²) in [5.41, 5.74) is 1.23. The molecule has 1 unspecified atom stereocenters. The molecule has 1 atom stereocenters. The molecule has 26 heavy (non-hydrogen) atoms. The largest absolute Gasteiger partial charge is 0.490 e. The molecule has 1 aliphatic carbocycles. The van der Waals surface area contributed by atoms with Gasteiger partial charge in [0.15, 0.2) is 0 Å². The average Bonchev–Trinajstić information content (AvgIpc) is 2.97. The van der Waals surface area contributed by atoms with E-state index in [1.807, 2.05) is 0 Å². The molecule has 4 rings (SSSR count). The molecule has 0 amide bonds. The second kappa shape index (κ2) is 7.22. The zero-order valence-electron chi connectivity index (χ0n) is 14.3. The maximum Gasteiger partial charge on any atom is 0.262 e. The number of rotatable bonds is 4. The fourth-order valence-corrected chi connectivity index (χ4v) is 5.18. The van der Waals surface area contributed by atoms with Crippen LogP contribution in [-0.4, -0.2) is 16.2 Å². The molecule has 7 heteroatoms. The van der Waals surface area contributed by atoms with Crippen LogP contribution < -0.4 is 10.3 Å². The monoisotopic (exact) mass is 408 g/mol. The van der Waals surface area contributed by atoms with Gasteiger partial charge in [0.1, 0.15) is 17.2 Å². The summed E-state index contributed by atoms with van der Waals surface area (Å²) in [4.78, 5) is 19.6. The van der Waals surface area contributed by atoms with E-state index in [2.05, 4.69) is 11.9 Å². The standard InChI is InChI=1S/C19H18Cl2N2O2S/c1-11-2-4-13-16(8-11)26-18-17(13)19(24)23(10-22-18)6-7-25-15-5-3-12(20)9-14(15)21/h3,5,9-11H,2,4,6-8H2,1H3. The minimum Gasteiger partial charge on any atom is -0.490 e. The van der Waals surface area contributed by atoms with Crippen molar-refractivity contribution in [2.45, 2.75) is 32.7 Å². The Morgan fingerprint density at radius 1 is 1.38 bits per heavy atom. The molecule has 0 fully saturated rings. The zero-order chi connectivity index (χ0) is 18.3. The molecule has 1 aliphatic rings. The van der Waals surface area contributed by atoms with E-state index in [0.717, 1.165) is 29.5 Å². The van der Waals surface area contributed by atoms with E-state index in [0.29, 0.717) is 34.9 Å². The summed E-state index contributed by atoms with van der Waals surface area (Å²) in [6.07, 6.45) is 4.76. The van der Waals surface area contributed by atoms with Gasteiger partial charge in [-0.1, -0.05) is 30.1 Å². The first-order valence-corrected chi connectivity index (χ1v) is 10.2. The lowest BCUT2D eigenvalue weighted by molar-refractivity contribution is 0.296. The smallest absolute Gasteiger partial charge is 0.262 e. The van der Waals surface area contributed by atoms with Gasteiger partial charge in [-0.25, -0.2) is 4.98 Å². The summed E-state index contributed by atoms with van der Waals surface area (Å²) in [7, 11) is 0. The number of hydrogen-bond donors (Lipinski definition) is 0. The Morgan fingerprint density at radius 2 is 2.23 bits per heavy atom. The zero-order valence-corrected chi connectivity index (χ0v) is 16.6. The van der Waals surface area contributed by atoms with Gasteiger partial charge in [-0.2, -0.15) is 0 Å². The lowest BCUT2D eigenvalue weighted by atomic mass is 9.89. The number of nitrogens with zero attached hydrogens (tertiary/aromatic N) is 2. The third kappa shape index (κ3) is 3.36. The first-order chi connectivity index (χ1) is 12.5. The summed E-state index contributed by atoms with van der Waals surface area (Å²) in [6, 6.07) is 5.09. The number of fused-ring (bicyclic) bond motifs is 3. The number of aryl methyl sites for hydroxylation is 1. The summed E-state index contributed by atoms with van der Waals surface area (Å²) in [5.74, 6) is 1.23. The first-order valence-electron chi connectivity index (χ1n) is 8.60. The minimum absolute atomic E-state index is 0.0212. The van der Waals surface area contributed by atoms with Gasteiger partial charge in [0, 0.05) is 9.90 Å². The summed E-state index contributed by atoms with van der Waals surface area (Å²) < 4.78 is 7.32. The molecule has 3 aromatic rings. The van der Waals surface area contributed by atoms with Gasteiger partial charge in [-0.3, -0.25) is 9.36 Å². The fraction of sp³-hybridized carbons (Fsp3) is 0.368. The third-order valence-corrected chi connectivity index (χ3v) is 6.46. The average molecular weight is 409 g/mol. The van der Waals surface area contributed by atoms with Crippen LogP contribution in [0.2, 0.25) is 10.0 Å². The van der Waals surface area contributed by atoms with Crippen LogP contribution >= 0.6 is 34.5 Å². The number of benzene rings is 1. The van der Waals surface area contributed by atoms with Crippen LogP contribution in [0.4, 0.5) is 0 Å². The summed E-state index contributed by atoms with van der Waals surface area (Å²) >= 11 is 13.7. The van der Waals surface area contributed by atoms with Crippen LogP contribution in [-0.2, 0) is 19.4 Å². The Balaban J connectivity index is 1.55. The summed E-state index contributed by atoms with van der Waals surface area (Å²) in [6.45, 7) is 3.01. The number of ether oxygens (including phenoxy) is 1. The molecule has 0 saturated heterocycles. The second-order valence-corrected chi connectivity index (χ2v) is 8.63. The Labute approximate surface area is 165 Å². The molecule has 2 heterocycles. The van der Waals surface area contributed by atoms with Crippen molar-refractivity contribution in [3.8, 4) is 5.75 Å². The highest BCUT2D eigenvalue weighted by atomic mass is 35.5. The Morgan fingerprint density at radius 3 is 3.04 bits per heavy atom. The van der Waals surface area contributed by atoms with Gasteiger partial charge in [-0.15, -0.1) is 11.3 Å². The van der Waals surface area contributed by atoms with Crippen molar-refractivity contribution in [3.63, 3.8) is 0 Å². The van der Waals surface area contributed by atoms with Gasteiger partial charge in [0.05, 0.1) is 23.3 Å². The van der Waals surface area contributed by atoms with E-state index >= 15 is 0 Å². The van der Waals surface area contributed by atoms with E-state index in [1.165, 1.54) is 10.4 Å². The number of hydrogen-bond acceptors (Lipinski definition) is 4. The Bertz CT molecular complexity index is 1030. The van der Waals surface area contributed by atoms with E-state index in [-0.39, 0.29) is 5.56 Å². The van der Waals surface area contributed by atoms with Crippen LogP contribution in [0.25, 0.3) is 10.2 Å². The molecule has 0 aliphatic heterocycles. The molecule has 0 radical (unpaired) electrons. The highest BCUT2D eigenvalue weighted by Gasteiger charge is 2.23. The highest BCUT2D eigenvalue weighted by molar-refractivity contribution is 7.18. The van der Waals surface area contributed by atoms with Crippen LogP contribution in [0.1, 0.15) is 23.8 Å². The molecule has 0 N–H and O–H groups in total. The second-order valence-electron chi connectivity index (χ2n) is 6.70. The van der Waals surface area contributed by atoms with Crippen molar-refractivity contribution in [2.75, 3.05) is 6.61 Å². The number of thiophene rings is 1. The molecule has 0 spiro atoms. The fourth-order valence-electron chi connectivity index (χ4n) is 3.37. The van der Waals surface area contributed by atoms with E-state index < -0.39 is 0 Å². The van der Waals surface area contributed by atoms with Crippen LogP contribution in [0.3, 0.4) is 0 Å². The van der Waals surface area contributed by atoms with Gasteiger partial charge >= 0.3 is 0 Å². The molecule has 1 aromatic carbocycles. The first kappa shape index (κ1) is 17.8. The topological polar surface area (TPSA) is 44.1 Å². The normalized spacial score (nSPS) is 16.7. The van der Waals surface area contributed by atoms with E-state index in [9.17, 15) is 4.79 Å². The van der Waals surface area contributed by atoms with Gasteiger partial charge in [-0.05, 0) is 48.9 Å². The molecular weight excluding hydrogens is 391 g/mol. The molecule has 4 nitrogen and oxygen atoms in total. The lowest BCUT2D eigenvalue weighted by Crippen LogP contribution is -2.24. The van der Waals surface area contributed by atoms with Gasteiger partial charge < -0.3 is 4.74 Å². The van der Waals surface area contributed by atoms with Crippen LogP contribution in [0.5, 0.6) is 5.75 Å². The Kier molecular flexibility index (Phi) is 4.95. The maximum absolute atomic E-state index is 12.9. The van der Waals surface area contributed by atoms with Crippen molar-refractivity contribution < 1.29 is 4.74 Å². The quantitative estimate of drug-likeness (QED) is 0.611. The molecule has 2 aromatic heterocycles. The summed E-state index contributed by atoms with van der Waals surface area (Å²) in [5, 5.41) is 1.81. The van der Waals surface area contributed by atoms with E-state index in [4.69, 9.17) is 27.9 Å². The highest BCUT2D eigenvalue weighted by Crippen LogP contribution is 2.35. The van der Waals surface area contributed by atoms with Gasteiger partial charge in [0.2, 0.25) is 0 Å².